The fourth-order valence-electron chi connectivity index (χ4n) is 3.17. The first-order valence-corrected chi connectivity index (χ1v) is 7.89. The van der Waals surface area contributed by atoms with E-state index in [0.29, 0.717) is 0 Å². The summed E-state index contributed by atoms with van der Waals surface area (Å²) in [6.45, 7) is -0.663. The summed E-state index contributed by atoms with van der Waals surface area (Å²) in [6.07, 6.45) is -3.74. The van der Waals surface area contributed by atoms with Gasteiger partial charge in [0, 0.05) is 18.7 Å². The third kappa shape index (κ3) is 3.17. The van der Waals surface area contributed by atoms with E-state index in [9.17, 15) is 40.2 Å². The minimum Gasteiger partial charge on any atom is -0.504 e. The van der Waals surface area contributed by atoms with Crippen LogP contribution in [0.25, 0.3) is 0 Å². The van der Waals surface area contributed by atoms with Crippen LogP contribution >= 0.6 is 0 Å². The predicted octanol–water partition coefficient (Wildman–Crippen LogP) is -2.12. The fraction of sp³-hybridized carbons (Fsp3) is 0.375. The normalized spacial score (nSPS) is 27.7. The summed E-state index contributed by atoms with van der Waals surface area (Å²) < 4.78 is 6.27. The molecular formula is C16H18N2O9. The quantitative estimate of drug-likeness (QED) is 0.290. The summed E-state index contributed by atoms with van der Waals surface area (Å²) in [5.41, 5.74) is -3.65. The number of aromatic amines is 1. The zero-order valence-corrected chi connectivity index (χ0v) is 13.8. The highest BCUT2D eigenvalue weighted by molar-refractivity contribution is 5.51. The Bertz CT molecular complexity index is 946. The Hall–Kier alpha value is -2.86. The Labute approximate surface area is 151 Å². The lowest BCUT2D eigenvalue weighted by molar-refractivity contribution is -0.110. The van der Waals surface area contributed by atoms with Crippen LogP contribution in [0, 0.1) is 0 Å². The maximum absolute atomic E-state index is 12.1. The van der Waals surface area contributed by atoms with Crippen molar-refractivity contribution in [3.8, 4) is 17.2 Å². The first-order chi connectivity index (χ1) is 12.7. The molecule has 1 fully saturated rings. The van der Waals surface area contributed by atoms with Crippen molar-refractivity contribution in [1.82, 2.24) is 9.55 Å². The van der Waals surface area contributed by atoms with Crippen LogP contribution in [0.15, 0.2) is 34.0 Å². The first-order valence-electron chi connectivity index (χ1n) is 7.89. The second-order valence-corrected chi connectivity index (χ2v) is 6.32. The maximum Gasteiger partial charge on any atom is 0.330 e. The van der Waals surface area contributed by atoms with Gasteiger partial charge in [-0.1, -0.05) is 0 Å². The van der Waals surface area contributed by atoms with E-state index in [4.69, 9.17) is 4.74 Å². The van der Waals surface area contributed by atoms with Gasteiger partial charge in [0.15, 0.2) is 23.5 Å². The fourth-order valence-corrected chi connectivity index (χ4v) is 3.17. The monoisotopic (exact) mass is 382 g/mol. The molecule has 1 aromatic carbocycles. The summed E-state index contributed by atoms with van der Waals surface area (Å²) in [5.74, 6) is -2.06. The minimum atomic E-state index is -2.18. The number of phenols is 3. The topological polar surface area (TPSA) is 185 Å². The molecular weight excluding hydrogens is 364 g/mol. The Morgan fingerprint density at radius 3 is 2.37 bits per heavy atom. The van der Waals surface area contributed by atoms with Crippen molar-refractivity contribution in [3.05, 3.63) is 50.8 Å². The number of nitrogens with zero attached hydrogens (tertiary/aromatic N) is 1. The number of nitrogens with one attached hydrogen (secondary N) is 1. The molecule has 0 aliphatic carbocycles. The van der Waals surface area contributed by atoms with Gasteiger partial charge in [0.1, 0.15) is 17.8 Å². The predicted molar refractivity (Wildman–Crippen MR) is 88.4 cm³/mol. The number of H-pyrrole nitrogens is 1. The molecule has 0 unspecified atom stereocenters. The Morgan fingerprint density at radius 2 is 1.81 bits per heavy atom. The number of rotatable bonds is 4. The molecule has 2 aromatic rings. The second kappa shape index (κ2) is 6.70. The van der Waals surface area contributed by atoms with Gasteiger partial charge in [-0.15, -0.1) is 0 Å². The largest absolute Gasteiger partial charge is 0.504 e. The Kier molecular flexibility index (Phi) is 4.70. The summed E-state index contributed by atoms with van der Waals surface area (Å²) >= 11 is 0. The van der Waals surface area contributed by atoms with Gasteiger partial charge in [-0.25, -0.2) is 4.79 Å². The average Bonchev–Trinajstić information content (AvgIpc) is 2.84. The van der Waals surface area contributed by atoms with Crippen LogP contribution < -0.4 is 11.2 Å². The van der Waals surface area contributed by atoms with Crippen molar-refractivity contribution in [2.45, 2.75) is 30.5 Å². The van der Waals surface area contributed by atoms with Crippen LogP contribution in [0.3, 0.4) is 0 Å². The van der Waals surface area contributed by atoms with E-state index in [-0.39, 0.29) is 5.56 Å². The molecule has 1 aliphatic rings. The summed E-state index contributed by atoms with van der Waals surface area (Å²) in [6, 6.07) is 3.12. The van der Waals surface area contributed by atoms with Crippen molar-refractivity contribution in [3.63, 3.8) is 0 Å². The third-order valence-electron chi connectivity index (χ3n) is 4.50. The number of ether oxygens (including phenoxy) is 1. The van der Waals surface area contributed by atoms with Crippen molar-refractivity contribution >= 4 is 0 Å². The maximum atomic E-state index is 12.1. The van der Waals surface area contributed by atoms with Crippen LogP contribution in [0.4, 0.5) is 0 Å². The zero-order valence-electron chi connectivity index (χ0n) is 13.8. The van der Waals surface area contributed by atoms with Crippen LogP contribution in [-0.4, -0.2) is 64.6 Å². The molecule has 2 heterocycles. The lowest BCUT2D eigenvalue weighted by Gasteiger charge is -2.32. The molecule has 11 nitrogen and oxygen atoms in total. The van der Waals surface area contributed by atoms with Crippen LogP contribution in [-0.2, 0) is 11.2 Å². The van der Waals surface area contributed by atoms with E-state index < -0.39 is 65.6 Å². The van der Waals surface area contributed by atoms with Crippen molar-refractivity contribution in [2.75, 3.05) is 6.61 Å². The standard InChI is InChI=1S/C16H18N2O9/c19-6-10-13(24)16(26,5-7-3-8(20)12(23)9(21)4-7)14(27-10)18-2-1-11(22)17-15(18)25/h1-4,10,13-14,19-21,23-24,26H,5-6H2,(H,17,22,25)/t10-,13-,14-,16-/m1/s1. The number of hydrogen-bond acceptors (Lipinski definition) is 9. The van der Waals surface area contributed by atoms with Crippen molar-refractivity contribution < 1.29 is 35.4 Å². The molecule has 4 atom stereocenters. The number of aromatic hydroxyl groups is 3. The zero-order chi connectivity index (χ0) is 19.9. The third-order valence-corrected chi connectivity index (χ3v) is 4.50. The van der Waals surface area contributed by atoms with Gasteiger partial charge >= 0.3 is 5.69 Å². The lowest BCUT2D eigenvalue weighted by atomic mass is 9.87. The van der Waals surface area contributed by atoms with Gasteiger partial charge in [0.2, 0.25) is 0 Å². The first kappa shape index (κ1) is 18.9. The molecule has 1 saturated heterocycles. The summed E-state index contributed by atoms with van der Waals surface area (Å²) in [5, 5.41) is 59.6. The SMILES string of the molecule is O=c1ccn([C@@H]2O[C@H](CO)[C@@H](O)[C@]2(O)Cc2cc(O)c(O)c(O)c2)c(=O)[nH]1. The molecule has 0 saturated carbocycles. The Morgan fingerprint density at radius 1 is 1.19 bits per heavy atom. The van der Waals surface area contributed by atoms with Gasteiger partial charge in [-0.05, 0) is 17.7 Å². The van der Waals surface area contributed by atoms with E-state index in [1.54, 1.807) is 0 Å². The minimum absolute atomic E-state index is 0.106. The summed E-state index contributed by atoms with van der Waals surface area (Å²) in [4.78, 5) is 25.3. The van der Waals surface area contributed by atoms with Gasteiger partial charge in [-0.2, -0.15) is 0 Å². The lowest BCUT2D eigenvalue weighted by Crippen LogP contribution is -2.50. The highest BCUT2D eigenvalue weighted by Gasteiger charge is 2.56. The van der Waals surface area contributed by atoms with Gasteiger partial charge in [0.25, 0.3) is 5.56 Å². The number of benzene rings is 1. The molecule has 0 bridgehead atoms. The number of aliphatic hydroxyl groups is 3. The van der Waals surface area contributed by atoms with Gasteiger partial charge in [-0.3, -0.25) is 14.3 Å². The van der Waals surface area contributed by atoms with Crippen molar-refractivity contribution in [2.24, 2.45) is 0 Å². The van der Waals surface area contributed by atoms with Crippen molar-refractivity contribution in [1.29, 1.82) is 0 Å². The van der Waals surface area contributed by atoms with Crippen LogP contribution in [0.5, 0.6) is 17.2 Å². The molecule has 11 heteroatoms. The smallest absolute Gasteiger partial charge is 0.330 e. The number of hydrogen-bond donors (Lipinski definition) is 7. The number of aliphatic hydroxyl groups excluding tert-OH is 2. The summed E-state index contributed by atoms with van der Waals surface area (Å²) in [7, 11) is 0. The molecule has 0 amide bonds. The molecule has 27 heavy (non-hydrogen) atoms. The van der Waals surface area contributed by atoms with E-state index in [0.717, 1.165) is 29.0 Å². The average molecular weight is 382 g/mol. The van der Waals surface area contributed by atoms with E-state index in [1.807, 2.05) is 4.98 Å². The molecule has 0 radical (unpaired) electrons. The van der Waals surface area contributed by atoms with E-state index in [1.165, 1.54) is 0 Å². The highest BCUT2D eigenvalue weighted by atomic mass is 16.6. The van der Waals surface area contributed by atoms with Crippen LogP contribution in [0.2, 0.25) is 0 Å². The molecule has 1 aromatic heterocycles. The number of aromatic nitrogens is 2. The van der Waals surface area contributed by atoms with E-state index in [2.05, 4.69) is 0 Å². The highest BCUT2D eigenvalue weighted by Crippen LogP contribution is 2.42. The molecule has 7 N–H and O–H groups in total. The number of phenolic OH excluding ortho intramolecular Hbond substituents is 3. The van der Waals surface area contributed by atoms with E-state index >= 15 is 0 Å². The molecule has 146 valence electrons. The Balaban J connectivity index is 2.07. The van der Waals surface area contributed by atoms with Gasteiger partial charge < -0.3 is 35.4 Å². The molecule has 0 spiro atoms. The second-order valence-electron chi connectivity index (χ2n) is 6.32. The molecule has 1 aliphatic heterocycles. The molecule has 3 rings (SSSR count). The van der Waals surface area contributed by atoms with Crippen LogP contribution in [0.1, 0.15) is 11.8 Å². The van der Waals surface area contributed by atoms with Gasteiger partial charge in [0.05, 0.1) is 6.61 Å².